The van der Waals surface area contributed by atoms with Crippen LogP contribution in [0.2, 0.25) is 0 Å². The molecule has 6 nitrogen and oxygen atoms in total. The molecule has 1 aromatic rings. The highest BCUT2D eigenvalue weighted by Crippen LogP contribution is 2.33. The van der Waals surface area contributed by atoms with Crippen molar-refractivity contribution in [2.45, 2.75) is 6.92 Å². The predicted octanol–water partition coefficient (Wildman–Crippen LogP) is 0.757. The maximum Gasteiger partial charge on any atom is 0.335 e. The summed E-state index contributed by atoms with van der Waals surface area (Å²) in [4.78, 5) is 37.3. The molecular weight excluding hydrogens is 248 g/mol. The normalized spacial score (nSPS) is 14.3. The number of carboxylic acid groups (broad SMARTS) is 1. The molecule has 0 aromatic heterocycles. The second kappa shape index (κ2) is 4.72. The van der Waals surface area contributed by atoms with Gasteiger partial charge in [0, 0.05) is 7.05 Å². The Morgan fingerprint density at radius 3 is 2.58 bits per heavy atom. The minimum atomic E-state index is -1.06. The molecule has 1 N–H and O–H groups in total. The Balaban J connectivity index is 2.52. The van der Waals surface area contributed by atoms with Gasteiger partial charge in [0.2, 0.25) is 5.91 Å². The molecule has 100 valence electrons. The quantitative estimate of drug-likeness (QED) is 0.870. The predicted molar refractivity (Wildman–Crippen MR) is 69.7 cm³/mol. The molecular formula is C13H14N2O4. The fourth-order valence-corrected chi connectivity index (χ4v) is 2.10. The van der Waals surface area contributed by atoms with Crippen molar-refractivity contribution >= 4 is 29.0 Å². The van der Waals surface area contributed by atoms with Crippen molar-refractivity contribution in [3.63, 3.8) is 0 Å². The highest BCUT2D eigenvalue weighted by molar-refractivity contribution is 6.07. The summed E-state index contributed by atoms with van der Waals surface area (Å²) in [7, 11) is 1.75. The molecule has 1 aliphatic heterocycles. The number of Topliss-reactive ketones (excluding diaryl/α,β-unsaturated/α-hetero) is 1. The maximum atomic E-state index is 12.0. The van der Waals surface area contributed by atoms with Crippen LogP contribution in [0.15, 0.2) is 18.2 Å². The number of carbonyl (C=O) groups is 3. The number of rotatable bonds is 3. The van der Waals surface area contributed by atoms with E-state index in [4.69, 9.17) is 5.11 Å². The van der Waals surface area contributed by atoms with Gasteiger partial charge in [0.25, 0.3) is 0 Å². The lowest BCUT2D eigenvalue weighted by molar-refractivity contribution is -0.121. The number of likely N-dealkylation sites (N-methyl/N-ethyl adjacent to an activating group) is 1. The molecule has 0 atom stereocenters. The Morgan fingerprint density at radius 1 is 1.32 bits per heavy atom. The zero-order valence-corrected chi connectivity index (χ0v) is 10.7. The Hall–Kier alpha value is -2.37. The topological polar surface area (TPSA) is 77.9 Å². The van der Waals surface area contributed by atoms with Crippen LogP contribution in [0, 0.1) is 0 Å². The zero-order chi connectivity index (χ0) is 14.2. The van der Waals surface area contributed by atoms with Gasteiger partial charge in [-0.1, -0.05) is 0 Å². The largest absolute Gasteiger partial charge is 0.478 e. The summed E-state index contributed by atoms with van der Waals surface area (Å²) >= 11 is 0. The standard InChI is InChI=1S/C13H14N2O4/c1-8(16)6-15-11-5-9(13(18)19)3-4-10(11)14(2)7-12(15)17/h3-5H,6-7H2,1-2H3,(H,18,19). The first kappa shape index (κ1) is 13.1. The molecule has 0 aliphatic carbocycles. The lowest BCUT2D eigenvalue weighted by atomic mass is 10.1. The third-order valence-corrected chi connectivity index (χ3v) is 2.98. The lowest BCUT2D eigenvalue weighted by Gasteiger charge is -2.34. The van der Waals surface area contributed by atoms with E-state index in [9.17, 15) is 14.4 Å². The molecule has 0 fully saturated rings. The van der Waals surface area contributed by atoms with Crippen LogP contribution in [0.25, 0.3) is 0 Å². The van der Waals surface area contributed by atoms with Crippen LogP contribution in [0.5, 0.6) is 0 Å². The summed E-state index contributed by atoms with van der Waals surface area (Å²) in [6.07, 6.45) is 0. The number of aromatic carboxylic acids is 1. The van der Waals surface area contributed by atoms with Crippen molar-refractivity contribution in [1.29, 1.82) is 0 Å². The van der Waals surface area contributed by atoms with E-state index in [1.807, 2.05) is 0 Å². The molecule has 1 amide bonds. The van der Waals surface area contributed by atoms with Crippen molar-refractivity contribution in [3.05, 3.63) is 23.8 Å². The number of hydrogen-bond acceptors (Lipinski definition) is 4. The van der Waals surface area contributed by atoms with Gasteiger partial charge >= 0.3 is 5.97 Å². The van der Waals surface area contributed by atoms with Crippen LogP contribution in [0.4, 0.5) is 11.4 Å². The third-order valence-electron chi connectivity index (χ3n) is 2.98. The summed E-state index contributed by atoms with van der Waals surface area (Å²) < 4.78 is 0. The summed E-state index contributed by atoms with van der Waals surface area (Å²) in [5.74, 6) is -1.43. The molecule has 1 heterocycles. The SMILES string of the molecule is CC(=O)CN1C(=O)CN(C)c2ccc(C(=O)O)cc21. The van der Waals surface area contributed by atoms with Crippen LogP contribution in [-0.4, -0.2) is 42.9 Å². The molecule has 1 aromatic carbocycles. The Morgan fingerprint density at radius 2 is 2.00 bits per heavy atom. The van der Waals surface area contributed by atoms with Gasteiger partial charge in [0.1, 0.15) is 5.78 Å². The second-order valence-corrected chi connectivity index (χ2v) is 4.55. The molecule has 19 heavy (non-hydrogen) atoms. The summed E-state index contributed by atoms with van der Waals surface area (Å²) in [5.41, 5.74) is 1.30. The van der Waals surface area contributed by atoms with Gasteiger partial charge in [0.15, 0.2) is 0 Å². The van der Waals surface area contributed by atoms with Crippen molar-refractivity contribution in [3.8, 4) is 0 Å². The van der Waals surface area contributed by atoms with Crippen LogP contribution >= 0.6 is 0 Å². The number of carbonyl (C=O) groups excluding carboxylic acids is 2. The first-order valence-electron chi connectivity index (χ1n) is 5.78. The molecule has 6 heteroatoms. The van der Waals surface area contributed by atoms with E-state index < -0.39 is 5.97 Å². The van der Waals surface area contributed by atoms with Crippen molar-refractivity contribution in [2.24, 2.45) is 0 Å². The van der Waals surface area contributed by atoms with Gasteiger partial charge in [0.05, 0.1) is 30.0 Å². The highest BCUT2D eigenvalue weighted by atomic mass is 16.4. The molecule has 0 spiro atoms. The van der Waals surface area contributed by atoms with Crippen molar-refractivity contribution in [2.75, 3.05) is 29.9 Å². The van der Waals surface area contributed by atoms with Crippen LogP contribution in [-0.2, 0) is 9.59 Å². The molecule has 0 bridgehead atoms. The number of hydrogen-bond donors (Lipinski definition) is 1. The van der Waals surface area contributed by atoms with Crippen LogP contribution in [0.3, 0.4) is 0 Å². The Kier molecular flexibility index (Phi) is 3.25. The number of ketones is 1. The number of nitrogens with zero attached hydrogens (tertiary/aromatic N) is 2. The maximum absolute atomic E-state index is 12.0. The number of amides is 1. The first-order chi connectivity index (χ1) is 8.90. The molecule has 0 unspecified atom stereocenters. The first-order valence-corrected chi connectivity index (χ1v) is 5.78. The fourth-order valence-electron chi connectivity index (χ4n) is 2.10. The minimum Gasteiger partial charge on any atom is -0.478 e. The number of carboxylic acids is 1. The highest BCUT2D eigenvalue weighted by Gasteiger charge is 2.28. The van der Waals surface area contributed by atoms with E-state index in [0.29, 0.717) is 5.69 Å². The van der Waals surface area contributed by atoms with Gasteiger partial charge in [-0.15, -0.1) is 0 Å². The van der Waals surface area contributed by atoms with Gasteiger partial charge < -0.3 is 14.9 Å². The molecule has 0 radical (unpaired) electrons. The Labute approximate surface area is 110 Å². The average molecular weight is 262 g/mol. The van der Waals surface area contributed by atoms with Crippen molar-refractivity contribution < 1.29 is 19.5 Å². The van der Waals surface area contributed by atoms with E-state index in [2.05, 4.69) is 0 Å². The third kappa shape index (κ3) is 2.42. The zero-order valence-electron chi connectivity index (χ0n) is 10.7. The van der Waals surface area contributed by atoms with E-state index in [1.54, 1.807) is 18.0 Å². The molecule has 0 saturated carbocycles. The summed E-state index contributed by atoms with van der Waals surface area (Å²) in [5, 5.41) is 9.00. The number of benzene rings is 1. The van der Waals surface area contributed by atoms with Gasteiger partial charge in [-0.25, -0.2) is 4.79 Å². The monoisotopic (exact) mass is 262 g/mol. The minimum absolute atomic E-state index is 0.0389. The van der Waals surface area contributed by atoms with Crippen LogP contribution in [0.1, 0.15) is 17.3 Å². The van der Waals surface area contributed by atoms with E-state index in [1.165, 1.54) is 24.0 Å². The van der Waals surface area contributed by atoms with Crippen molar-refractivity contribution in [1.82, 2.24) is 0 Å². The number of anilines is 2. The van der Waals surface area contributed by atoms with E-state index in [-0.39, 0.29) is 30.3 Å². The Bertz CT molecular complexity index is 568. The van der Waals surface area contributed by atoms with Gasteiger partial charge in [-0.2, -0.15) is 0 Å². The lowest BCUT2D eigenvalue weighted by Crippen LogP contribution is -2.46. The molecule has 1 aliphatic rings. The summed E-state index contributed by atoms with van der Waals surface area (Å²) in [6.45, 7) is 1.53. The smallest absolute Gasteiger partial charge is 0.335 e. The van der Waals surface area contributed by atoms with Crippen LogP contribution < -0.4 is 9.80 Å². The molecule has 0 saturated heterocycles. The molecule has 2 rings (SSSR count). The van der Waals surface area contributed by atoms with E-state index >= 15 is 0 Å². The fraction of sp³-hybridized carbons (Fsp3) is 0.308. The summed E-state index contributed by atoms with van der Waals surface area (Å²) in [6, 6.07) is 4.56. The van der Waals surface area contributed by atoms with E-state index in [0.717, 1.165) is 5.69 Å². The number of fused-ring (bicyclic) bond motifs is 1. The van der Waals surface area contributed by atoms with Gasteiger partial charge in [-0.3, -0.25) is 9.59 Å². The average Bonchev–Trinajstić information content (AvgIpc) is 2.33. The second-order valence-electron chi connectivity index (χ2n) is 4.55. The van der Waals surface area contributed by atoms with Gasteiger partial charge in [-0.05, 0) is 25.1 Å².